The highest BCUT2D eigenvalue weighted by atomic mass is 16.2. The molecule has 0 radical (unpaired) electrons. The second-order valence-corrected chi connectivity index (χ2v) is 8.40. The lowest BCUT2D eigenvalue weighted by atomic mass is 9.89. The molecular formula is C24H33N3O. The first-order valence-corrected chi connectivity index (χ1v) is 10.3. The normalized spacial score (nSPS) is 16.0. The van der Waals surface area contributed by atoms with Crippen molar-refractivity contribution < 1.29 is 4.79 Å². The van der Waals surface area contributed by atoms with Crippen molar-refractivity contribution in [2.24, 2.45) is 0 Å². The molecule has 1 amide bonds. The molecule has 0 spiro atoms. The third-order valence-corrected chi connectivity index (χ3v) is 5.65. The van der Waals surface area contributed by atoms with Crippen molar-refractivity contribution in [1.29, 1.82) is 0 Å². The summed E-state index contributed by atoms with van der Waals surface area (Å²) in [6.07, 6.45) is 2.39. The van der Waals surface area contributed by atoms with Crippen molar-refractivity contribution in [3.05, 3.63) is 65.7 Å². The van der Waals surface area contributed by atoms with E-state index >= 15 is 0 Å². The molecule has 1 heterocycles. The molecule has 4 nitrogen and oxygen atoms in total. The molecular weight excluding hydrogens is 346 g/mol. The number of likely N-dealkylation sites (tertiary alicyclic amines) is 1. The van der Waals surface area contributed by atoms with Crippen LogP contribution in [0.25, 0.3) is 0 Å². The Hall–Kier alpha value is -2.33. The minimum atomic E-state index is -0.643. The summed E-state index contributed by atoms with van der Waals surface area (Å²) in [6.45, 7) is 9.70. The summed E-state index contributed by atoms with van der Waals surface area (Å²) in [4.78, 5) is 15.1. The third kappa shape index (κ3) is 5.59. The van der Waals surface area contributed by atoms with Gasteiger partial charge in [-0.3, -0.25) is 4.79 Å². The fraction of sp³-hybridized carbons (Fsp3) is 0.458. The maximum atomic E-state index is 12.6. The van der Waals surface area contributed by atoms with Crippen LogP contribution in [0, 0.1) is 6.92 Å². The van der Waals surface area contributed by atoms with E-state index in [1.54, 1.807) is 0 Å². The number of anilines is 1. The van der Waals surface area contributed by atoms with Crippen LogP contribution >= 0.6 is 0 Å². The molecule has 1 aliphatic rings. The van der Waals surface area contributed by atoms with Crippen LogP contribution in [0.4, 0.5) is 5.69 Å². The molecule has 1 fully saturated rings. The number of nitrogens with one attached hydrogen (secondary N) is 2. The van der Waals surface area contributed by atoms with Crippen molar-refractivity contribution in [3.63, 3.8) is 0 Å². The lowest BCUT2D eigenvalue weighted by Gasteiger charge is -2.32. The monoisotopic (exact) mass is 379 g/mol. The van der Waals surface area contributed by atoms with Gasteiger partial charge in [-0.1, -0.05) is 48.0 Å². The number of aryl methyl sites for hydroxylation is 1. The predicted octanol–water partition coefficient (Wildman–Crippen LogP) is 4.18. The number of nitrogens with zero attached hydrogens (tertiary/aromatic N) is 1. The van der Waals surface area contributed by atoms with Gasteiger partial charge in [-0.2, -0.15) is 0 Å². The quantitative estimate of drug-likeness (QED) is 0.758. The van der Waals surface area contributed by atoms with Gasteiger partial charge in [0.2, 0.25) is 5.91 Å². The Bertz CT molecular complexity index is 747. The van der Waals surface area contributed by atoms with E-state index in [1.165, 1.54) is 24.0 Å². The van der Waals surface area contributed by atoms with Crippen LogP contribution in [0.2, 0.25) is 0 Å². The molecule has 0 unspecified atom stereocenters. The Labute approximate surface area is 169 Å². The largest absolute Gasteiger partial charge is 0.372 e. The molecule has 150 valence electrons. The van der Waals surface area contributed by atoms with Crippen LogP contribution in [-0.2, 0) is 4.79 Å². The van der Waals surface area contributed by atoms with Crippen LogP contribution in [0.1, 0.15) is 43.7 Å². The topological polar surface area (TPSA) is 44.4 Å². The van der Waals surface area contributed by atoms with Gasteiger partial charge in [-0.05, 0) is 70.3 Å². The molecule has 2 aromatic rings. The molecule has 1 aliphatic heterocycles. The van der Waals surface area contributed by atoms with E-state index < -0.39 is 5.54 Å². The van der Waals surface area contributed by atoms with Gasteiger partial charge >= 0.3 is 0 Å². The average Bonchev–Trinajstić information content (AvgIpc) is 2.71. The highest BCUT2D eigenvalue weighted by Crippen LogP contribution is 2.27. The molecule has 2 aromatic carbocycles. The molecule has 0 aliphatic carbocycles. The third-order valence-electron chi connectivity index (χ3n) is 5.65. The van der Waals surface area contributed by atoms with Gasteiger partial charge in [-0.25, -0.2) is 0 Å². The van der Waals surface area contributed by atoms with Gasteiger partial charge < -0.3 is 15.5 Å². The van der Waals surface area contributed by atoms with Crippen molar-refractivity contribution >= 4 is 11.6 Å². The first-order chi connectivity index (χ1) is 13.4. The van der Waals surface area contributed by atoms with E-state index in [4.69, 9.17) is 0 Å². The summed E-state index contributed by atoms with van der Waals surface area (Å²) in [7, 11) is 0. The van der Waals surface area contributed by atoms with Gasteiger partial charge in [0, 0.05) is 18.8 Å². The summed E-state index contributed by atoms with van der Waals surface area (Å²) >= 11 is 0. The van der Waals surface area contributed by atoms with E-state index in [0.717, 1.165) is 25.3 Å². The Morgan fingerprint density at radius 1 is 1.04 bits per heavy atom. The molecule has 4 heteroatoms. The molecule has 28 heavy (non-hydrogen) atoms. The fourth-order valence-electron chi connectivity index (χ4n) is 3.82. The summed E-state index contributed by atoms with van der Waals surface area (Å²) in [6, 6.07) is 18.9. The second kappa shape index (κ2) is 9.24. The lowest BCUT2D eigenvalue weighted by molar-refractivity contribution is -0.124. The van der Waals surface area contributed by atoms with Gasteiger partial charge in [0.05, 0.1) is 0 Å². The number of carbonyl (C=O) groups is 1. The SMILES string of the molecule is Cc1ccc(NC(C)(C)C(=O)NCCN2CCC(c3ccccc3)CC2)cc1. The lowest BCUT2D eigenvalue weighted by Crippen LogP contribution is -2.50. The summed E-state index contributed by atoms with van der Waals surface area (Å²) in [5.41, 5.74) is 2.99. The van der Waals surface area contributed by atoms with Crippen molar-refractivity contribution in [1.82, 2.24) is 10.2 Å². The number of benzene rings is 2. The Balaban J connectivity index is 1.39. The zero-order chi connectivity index (χ0) is 20.0. The Kier molecular flexibility index (Phi) is 6.74. The number of amides is 1. The Morgan fingerprint density at radius 3 is 2.32 bits per heavy atom. The first-order valence-electron chi connectivity index (χ1n) is 10.3. The second-order valence-electron chi connectivity index (χ2n) is 8.40. The summed E-state index contributed by atoms with van der Waals surface area (Å²) < 4.78 is 0. The van der Waals surface area contributed by atoms with Crippen molar-refractivity contribution in [3.8, 4) is 0 Å². The van der Waals surface area contributed by atoms with E-state index in [2.05, 4.69) is 64.9 Å². The minimum absolute atomic E-state index is 0.0345. The van der Waals surface area contributed by atoms with Crippen LogP contribution in [0.3, 0.4) is 0 Å². The van der Waals surface area contributed by atoms with E-state index in [0.29, 0.717) is 12.5 Å². The first kappa shape index (κ1) is 20.4. The zero-order valence-electron chi connectivity index (χ0n) is 17.4. The number of rotatable bonds is 7. The predicted molar refractivity (Wildman–Crippen MR) is 117 cm³/mol. The number of hydrogen-bond donors (Lipinski definition) is 2. The van der Waals surface area contributed by atoms with Crippen LogP contribution < -0.4 is 10.6 Å². The van der Waals surface area contributed by atoms with Crippen LogP contribution in [0.5, 0.6) is 0 Å². The fourth-order valence-corrected chi connectivity index (χ4v) is 3.82. The number of hydrogen-bond acceptors (Lipinski definition) is 3. The standard InChI is InChI=1S/C24H33N3O/c1-19-9-11-22(12-10-19)26-24(2,3)23(28)25-15-18-27-16-13-21(14-17-27)20-7-5-4-6-8-20/h4-12,21,26H,13-18H2,1-3H3,(H,25,28). The zero-order valence-corrected chi connectivity index (χ0v) is 17.4. The number of piperidine rings is 1. The highest BCUT2D eigenvalue weighted by Gasteiger charge is 2.27. The van der Waals surface area contributed by atoms with Gasteiger partial charge in [0.1, 0.15) is 5.54 Å². The van der Waals surface area contributed by atoms with E-state index in [9.17, 15) is 4.79 Å². The molecule has 0 aromatic heterocycles. The molecule has 0 saturated carbocycles. The van der Waals surface area contributed by atoms with Crippen molar-refractivity contribution in [2.45, 2.75) is 45.1 Å². The minimum Gasteiger partial charge on any atom is -0.372 e. The van der Waals surface area contributed by atoms with Crippen molar-refractivity contribution in [2.75, 3.05) is 31.5 Å². The van der Waals surface area contributed by atoms with Gasteiger partial charge in [0.15, 0.2) is 0 Å². The molecule has 3 rings (SSSR count). The van der Waals surface area contributed by atoms with E-state index in [1.807, 2.05) is 26.0 Å². The summed E-state index contributed by atoms with van der Waals surface area (Å²) in [5, 5.41) is 6.43. The Morgan fingerprint density at radius 2 is 1.68 bits per heavy atom. The maximum Gasteiger partial charge on any atom is 0.245 e. The van der Waals surface area contributed by atoms with Crippen LogP contribution in [-0.4, -0.2) is 42.5 Å². The van der Waals surface area contributed by atoms with Gasteiger partial charge in [0.25, 0.3) is 0 Å². The smallest absolute Gasteiger partial charge is 0.245 e. The summed E-state index contributed by atoms with van der Waals surface area (Å²) in [5.74, 6) is 0.705. The average molecular weight is 380 g/mol. The molecule has 0 bridgehead atoms. The van der Waals surface area contributed by atoms with Gasteiger partial charge in [-0.15, -0.1) is 0 Å². The molecule has 2 N–H and O–H groups in total. The van der Waals surface area contributed by atoms with E-state index in [-0.39, 0.29) is 5.91 Å². The maximum absolute atomic E-state index is 12.6. The highest BCUT2D eigenvalue weighted by molar-refractivity contribution is 5.88. The molecule has 1 saturated heterocycles. The molecule has 0 atom stereocenters. The van der Waals surface area contributed by atoms with Crippen LogP contribution in [0.15, 0.2) is 54.6 Å². The number of carbonyl (C=O) groups excluding carboxylic acids is 1.